The Morgan fingerprint density at radius 2 is 2.13 bits per heavy atom. The van der Waals surface area contributed by atoms with Gasteiger partial charge < -0.3 is 10.3 Å². The number of nitrogen functional groups attached to an aromatic ring is 1. The first-order valence-electron chi connectivity index (χ1n) is 4.63. The number of anilines is 1. The lowest BCUT2D eigenvalue weighted by Gasteiger charge is -2.02. The van der Waals surface area contributed by atoms with Crippen LogP contribution in [0.15, 0.2) is 24.5 Å². The van der Waals surface area contributed by atoms with E-state index >= 15 is 0 Å². The summed E-state index contributed by atoms with van der Waals surface area (Å²) in [6.45, 7) is 1.72. The Morgan fingerprint density at radius 3 is 2.67 bits per heavy atom. The molecule has 2 N–H and O–H groups in total. The molecule has 0 atom stereocenters. The van der Waals surface area contributed by atoms with E-state index in [4.69, 9.17) is 5.73 Å². The summed E-state index contributed by atoms with van der Waals surface area (Å²) in [4.78, 5) is 4.17. The highest BCUT2D eigenvalue weighted by molar-refractivity contribution is 5.70. The number of nitrogens with zero attached hydrogens (tertiary/aromatic N) is 2. The average molecular weight is 205 g/mol. The molecule has 1 aromatic heterocycles. The van der Waals surface area contributed by atoms with Crippen molar-refractivity contribution >= 4 is 5.82 Å². The average Bonchev–Trinajstić information content (AvgIpc) is 2.53. The van der Waals surface area contributed by atoms with Gasteiger partial charge in [0.15, 0.2) is 0 Å². The molecule has 0 aliphatic carbocycles. The minimum absolute atomic E-state index is 0.215. The maximum Gasteiger partial charge on any atom is 0.131 e. The highest BCUT2D eigenvalue weighted by atomic mass is 19.1. The van der Waals surface area contributed by atoms with Crippen molar-refractivity contribution in [3.63, 3.8) is 0 Å². The summed E-state index contributed by atoms with van der Waals surface area (Å²) < 4.78 is 14.8. The fourth-order valence-electron chi connectivity index (χ4n) is 1.45. The molecule has 0 aliphatic heterocycles. The Hall–Kier alpha value is -1.84. The van der Waals surface area contributed by atoms with Crippen LogP contribution in [0.5, 0.6) is 0 Å². The molecule has 0 spiro atoms. The largest absolute Gasteiger partial charge is 0.383 e. The fraction of sp³-hybridized carbons (Fsp3) is 0.182. The van der Waals surface area contributed by atoms with E-state index in [0.29, 0.717) is 17.1 Å². The molecule has 0 fully saturated rings. The first kappa shape index (κ1) is 9.71. The van der Waals surface area contributed by atoms with Gasteiger partial charge in [-0.05, 0) is 30.7 Å². The Balaban J connectivity index is 2.55. The van der Waals surface area contributed by atoms with Crippen LogP contribution in [-0.2, 0) is 7.05 Å². The van der Waals surface area contributed by atoms with Gasteiger partial charge in [0.2, 0.25) is 0 Å². The fourth-order valence-corrected chi connectivity index (χ4v) is 1.45. The second-order valence-corrected chi connectivity index (χ2v) is 3.55. The third-order valence-corrected chi connectivity index (χ3v) is 2.41. The molecule has 0 radical (unpaired) electrons. The van der Waals surface area contributed by atoms with E-state index in [0.717, 1.165) is 5.56 Å². The molecule has 0 aliphatic rings. The van der Waals surface area contributed by atoms with Crippen molar-refractivity contribution in [1.29, 1.82) is 0 Å². The maximum absolute atomic E-state index is 13.1. The molecular weight excluding hydrogens is 193 g/mol. The number of benzene rings is 1. The van der Waals surface area contributed by atoms with Gasteiger partial charge in [-0.3, -0.25) is 0 Å². The predicted molar refractivity (Wildman–Crippen MR) is 57.8 cm³/mol. The molecule has 0 amide bonds. The van der Waals surface area contributed by atoms with E-state index in [1.54, 1.807) is 30.0 Å². The molecule has 0 unspecified atom stereocenters. The Labute approximate surface area is 87.4 Å². The molecule has 3 nitrogen and oxygen atoms in total. The Morgan fingerprint density at radius 1 is 1.40 bits per heavy atom. The maximum atomic E-state index is 13.1. The molecule has 4 heteroatoms. The summed E-state index contributed by atoms with van der Waals surface area (Å²) in [5.74, 6) is 0.370. The van der Waals surface area contributed by atoms with Crippen LogP contribution in [0.25, 0.3) is 11.3 Å². The monoisotopic (exact) mass is 205 g/mol. The quantitative estimate of drug-likeness (QED) is 0.774. The zero-order chi connectivity index (χ0) is 11.0. The minimum Gasteiger partial charge on any atom is -0.383 e. The number of imidazole rings is 1. The molecule has 78 valence electrons. The Bertz CT molecular complexity index is 503. The van der Waals surface area contributed by atoms with Crippen molar-refractivity contribution in [1.82, 2.24) is 9.55 Å². The molecule has 1 heterocycles. The molecule has 2 aromatic rings. The van der Waals surface area contributed by atoms with Gasteiger partial charge in [0.1, 0.15) is 17.3 Å². The van der Waals surface area contributed by atoms with Crippen LogP contribution >= 0.6 is 0 Å². The number of aryl methyl sites for hydroxylation is 2. The molecule has 0 saturated heterocycles. The number of halogens is 1. The zero-order valence-electron chi connectivity index (χ0n) is 8.66. The second kappa shape index (κ2) is 3.38. The van der Waals surface area contributed by atoms with E-state index in [1.165, 1.54) is 6.07 Å². The van der Waals surface area contributed by atoms with E-state index < -0.39 is 0 Å². The van der Waals surface area contributed by atoms with Crippen molar-refractivity contribution in [3.05, 3.63) is 35.9 Å². The Kier molecular flexibility index (Phi) is 2.19. The SMILES string of the molecule is Cc1cc(-c2ncn(C)c2N)ccc1F. The van der Waals surface area contributed by atoms with E-state index in [9.17, 15) is 4.39 Å². The van der Waals surface area contributed by atoms with Crippen molar-refractivity contribution < 1.29 is 4.39 Å². The zero-order valence-corrected chi connectivity index (χ0v) is 8.66. The van der Waals surface area contributed by atoms with Crippen LogP contribution in [0, 0.1) is 12.7 Å². The first-order valence-corrected chi connectivity index (χ1v) is 4.63. The number of hydrogen-bond donors (Lipinski definition) is 1. The van der Waals surface area contributed by atoms with Gasteiger partial charge >= 0.3 is 0 Å². The lowest BCUT2D eigenvalue weighted by Crippen LogP contribution is -1.96. The first-order chi connectivity index (χ1) is 7.09. The van der Waals surface area contributed by atoms with Crippen molar-refractivity contribution in [3.8, 4) is 11.3 Å². The van der Waals surface area contributed by atoms with Crippen LogP contribution in [-0.4, -0.2) is 9.55 Å². The highest BCUT2D eigenvalue weighted by Gasteiger charge is 2.08. The summed E-state index contributed by atoms with van der Waals surface area (Å²) >= 11 is 0. The number of nitrogens with two attached hydrogens (primary N) is 1. The normalized spacial score (nSPS) is 10.6. The summed E-state index contributed by atoms with van der Waals surface area (Å²) in [6, 6.07) is 4.85. The third kappa shape index (κ3) is 1.58. The van der Waals surface area contributed by atoms with Crippen molar-refractivity contribution in [2.24, 2.45) is 7.05 Å². The molecule has 0 bridgehead atoms. The van der Waals surface area contributed by atoms with Gasteiger partial charge in [0.05, 0.1) is 6.33 Å². The second-order valence-electron chi connectivity index (χ2n) is 3.55. The van der Waals surface area contributed by atoms with Crippen LogP contribution in [0.1, 0.15) is 5.56 Å². The summed E-state index contributed by atoms with van der Waals surface area (Å²) in [5, 5.41) is 0. The topological polar surface area (TPSA) is 43.8 Å². The van der Waals surface area contributed by atoms with Crippen molar-refractivity contribution in [2.75, 3.05) is 5.73 Å². The van der Waals surface area contributed by atoms with E-state index in [-0.39, 0.29) is 5.82 Å². The van der Waals surface area contributed by atoms with E-state index in [1.807, 2.05) is 7.05 Å². The van der Waals surface area contributed by atoms with Crippen LogP contribution in [0.3, 0.4) is 0 Å². The van der Waals surface area contributed by atoms with Gasteiger partial charge in [0.25, 0.3) is 0 Å². The van der Waals surface area contributed by atoms with Gasteiger partial charge in [-0.15, -0.1) is 0 Å². The number of hydrogen-bond acceptors (Lipinski definition) is 2. The molecule has 15 heavy (non-hydrogen) atoms. The smallest absolute Gasteiger partial charge is 0.131 e. The van der Waals surface area contributed by atoms with Gasteiger partial charge in [-0.2, -0.15) is 0 Å². The van der Waals surface area contributed by atoms with Crippen LogP contribution < -0.4 is 5.73 Å². The third-order valence-electron chi connectivity index (χ3n) is 2.41. The summed E-state index contributed by atoms with van der Waals surface area (Å²) in [5.41, 5.74) is 7.96. The molecule has 2 rings (SSSR count). The van der Waals surface area contributed by atoms with Crippen molar-refractivity contribution in [2.45, 2.75) is 6.92 Å². The minimum atomic E-state index is -0.215. The predicted octanol–water partition coefficient (Wildman–Crippen LogP) is 2.12. The number of rotatable bonds is 1. The lowest BCUT2D eigenvalue weighted by molar-refractivity contribution is 0.619. The lowest BCUT2D eigenvalue weighted by atomic mass is 10.1. The number of aromatic nitrogens is 2. The summed E-state index contributed by atoms with van der Waals surface area (Å²) in [7, 11) is 1.82. The van der Waals surface area contributed by atoms with Gasteiger partial charge in [-0.1, -0.05) is 0 Å². The standard InChI is InChI=1S/C11H12FN3/c1-7-5-8(3-4-9(7)12)10-11(13)15(2)6-14-10/h3-6H,13H2,1-2H3. The van der Waals surface area contributed by atoms with Gasteiger partial charge in [-0.25, -0.2) is 9.37 Å². The van der Waals surface area contributed by atoms with Crippen LogP contribution in [0.4, 0.5) is 10.2 Å². The van der Waals surface area contributed by atoms with Gasteiger partial charge in [0, 0.05) is 12.6 Å². The summed E-state index contributed by atoms with van der Waals surface area (Å²) in [6.07, 6.45) is 1.64. The molecule has 1 aromatic carbocycles. The highest BCUT2D eigenvalue weighted by Crippen LogP contribution is 2.24. The molecular formula is C11H12FN3. The van der Waals surface area contributed by atoms with E-state index in [2.05, 4.69) is 4.98 Å². The molecule has 0 saturated carbocycles. The van der Waals surface area contributed by atoms with Crippen LogP contribution in [0.2, 0.25) is 0 Å².